The van der Waals surface area contributed by atoms with Gasteiger partial charge in [-0.3, -0.25) is 0 Å². The minimum absolute atomic E-state index is 0. The maximum atomic E-state index is 3.69. The molecule has 0 fully saturated rings. The number of nitrogens with zero attached hydrogens (tertiary/aromatic N) is 8. The largest absolute Gasteiger partial charge is 6.00 e. The van der Waals surface area contributed by atoms with E-state index in [2.05, 4.69) is 274 Å². The Labute approximate surface area is 383 Å². The molecule has 0 saturated carbocycles. The van der Waals surface area contributed by atoms with Crippen LogP contribution in [0.5, 0.6) is 0 Å². The molecule has 4 heterocycles. The van der Waals surface area contributed by atoms with Gasteiger partial charge in [0, 0.05) is 56.9 Å². The third kappa shape index (κ3) is 7.29. The van der Waals surface area contributed by atoms with Gasteiger partial charge in [0.2, 0.25) is 0 Å². The molecule has 0 bridgehead atoms. The first-order valence-electron chi connectivity index (χ1n) is 20.7. The van der Waals surface area contributed by atoms with Crippen molar-refractivity contribution in [2.75, 3.05) is 53.3 Å². The van der Waals surface area contributed by atoms with Gasteiger partial charge in [0.25, 0.3) is 0 Å². The second-order valence-corrected chi connectivity index (χ2v) is 15.4. The monoisotopic (exact) mass is 994 g/mol. The normalized spacial score (nSPS) is 14.5. The first kappa shape index (κ1) is 39.9. The molecule has 0 spiro atoms. The fraction of sp³-hybridized carbons (Fsp3) is 0.0370. The Morgan fingerprint density at radius 2 is 0.524 bits per heavy atom. The van der Waals surface area contributed by atoms with E-state index < -0.39 is 0 Å². The summed E-state index contributed by atoms with van der Waals surface area (Å²) in [6.07, 6.45) is 0. The van der Waals surface area contributed by atoms with Gasteiger partial charge < -0.3 is 39.2 Å². The quantitative estimate of drug-likeness (QED) is 0.152. The molecule has 8 aromatic rings. The molecule has 0 N–H and O–H groups in total. The van der Waals surface area contributed by atoms with Crippen molar-refractivity contribution in [3.05, 3.63) is 233 Å². The summed E-state index contributed by atoms with van der Waals surface area (Å²) in [5.41, 5.74) is 15.6. The molecule has 0 aromatic heterocycles. The van der Waals surface area contributed by atoms with Crippen LogP contribution in [0.1, 0.15) is 0 Å². The Morgan fingerprint density at radius 1 is 0.270 bits per heavy atom. The average Bonchev–Trinajstić information content (AvgIpc) is 4.11. The van der Waals surface area contributed by atoms with Crippen LogP contribution in [0.25, 0.3) is 0 Å². The number of benzene rings is 8. The Bertz CT molecular complexity index is 2690. The van der Waals surface area contributed by atoms with Crippen LogP contribution in [-0.2, 0) is 19.8 Å². The fourth-order valence-corrected chi connectivity index (χ4v) is 8.56. The van der Waals surface area contributed by atoms with Crippen molar-refractivity contribution in [1.82, 2.24) is 0 Å². The molecule has 8 nitrogen and oxygen atoms in total. The molecular formula is C54H42N8Os. The molecule has 63 heavy (non-hydrogen) atoms. The maximum absolute atomic E-state index is 3.69. The zero-order valence-electron chi connectivity index (χ0n) is 34.7. The van der Waals surface area contributed by atoms with Gasteiger partial charge in [-0.2, -0.15) is 25.5 Å². The van der Waals surface area contributed by atoms with Gasteiger partial charge in [-0.25, -0.2) is 0 Å². The van der Waals surface area contributed by atoms with Crippen molar-refractivity contribution in [3.63, 3.8) is 0 Å². The van der Waals surface area contributed by atoms with E-state index in [0.29, 0.717) is 0 Å². The van der Waals surface area contributed by atoms with Crippen molar-refractivity contribution >= 4 is 79.6 Å². The Hall–Kier alpha value is -7.20. The molecule has 12 rings (SSSR count). The number of hydrogen-bond donors (Lipinski definition) is 0. The van der Waals surface area contributed by atoms with E-state index in [1.807, 2.05) is 12.1 Å². The molecule has 4 aliphatic heterocycles. The van der Waals surface area contributed by atoms with Gasteiger partial charge in [-0.1, -0.05) is 84.9 Å². The van der Waals surface area contributed by atoms with Crippen molar-refractivity contribution < 1.29 is 19.8 Å². The van der Waals surface area contributed by atoms with Gasteiger partial charge in [0.15, 0.2) is 0 Å². The number of anilines is 14. The van der Waals surface area contributed by atoms with Crippen molar-refractivity contribution in [1.29, 1.82) is 0 Å². The standard InChI is InChI=1S/C32H23N4.C22H19N4.Os/c1-3-12-25(13-4-1)33-23-35(31-20-9-7-18-29(31)33)27-16-11-17-28(22-27)36-24-34(26-14-5-2-6-15-26)30-19-8-10-21-32(30)36;1-23-15-25(21-12-5-3-10-19(21)23)17-8-7-9-18(14-17)26-16-24(2)20-11-4-6-13-22(20)26;/h1-21,23-24H;3-13,15-16H,1-2H3;/q2*-3;+6. The van der Waals surface area contributed by atoms with Crippen molar-refractivity contribution in [2.45, 2.75) is 0 Å². The average molecular weight is 993 g/mol. The van der Waals surface area contributed by atoms with Crippen LogP contribution >= 0.6 is 0 Å². The molecule has 0 atom stereocenters. The number of hydrogen-bond acceptors (Lipinski definition) is 8. The van der Waals surface area contributed by atoms with Gasteiger partial charge in [0.1, 0.15) is 0 Å². The molecule has 4 aliphatic rings. The summed E-state index contributed by atoms with van der Waals surface area (Å²) >= 11 is 0. The van der Waals surface area contributed by atoms with Crippen LogP contribution in [0, 0.1) is 38.8 Å². The minimum Gasteiger partial charge on any atom is -0.504 e. The Balaban J connectivity index is 0.000000155. The Kier molecular flexibility index (Phi) is 10.7. The number of para-hydroxylation sites is 10. The molecule has 0 radical (unpaired) electrons. The van der Waals surface area contributed by atoms with E-state index in [9.17, 15) is 0 Å². The summed E-state index contributed by atoms with van der Waals surface area (Å²) in [5.74, 6) is 0. The smallest absolute Gasteiger partial charge is 0.504 e. The third-order valence-corrected chi connectivity index (χ3v) is 11.5. The van der Waals surface area contributed by atoms with Crippen LogP contribution < -0.4 is 39.2 Å². The second-order valence-electron chi connectivity index (χ2n) is 15.4. The second kappa shape index (κ2) is 16.9. The van der Waals surface area contributed by atoms with E-state index in [1.165, 1.54) is 22.7 Å². The molecule has 0 unspecified atom stereocenters. The minimum atomic E-state index is 0. The summed E-state index contributed by atoms with van der Waals surface area (Å²) in [7, 11) is 4.14. The third-order valence-electron chi connectivity index (χ3n) is 11.5. The van der Waals surface area contributed by atoms with E-state index in [4.69, 9.17) is 0 Å². The first-order valence-corrected chi connectivity index (χ1v) is 20.7. The summed E-state index contributed by atoms with van der Waals surface area (Å²) < 4.78 is 0. The van der Waals surface area contributed by atoms with Crippen LogP contribution in [0.2, 0.25) is 0 Å². The predicted molar refractivity (Wildman–Crippen MR) is 256 cm³/mol. The fourth-order valence-electron chi connectivity index (χ4n) is 8.56. The molecule has 306 valence electrons. The summed E-state index contributed by atoms with van der Waals surface area (Å²) in [6.45, 7) is 8.50. The molecule has 0 aliphatic carbocycles. The summed E-state index contributed by atoms with van der Waals surface area (Å²) in [4.78, 5) is 17.5. The molecule has 9 heteroatoms. The van der Waals surface area contributed by atoms with Crippen LogP contribution in [0.3, 0.4) is 0 Å². The zero-order valence-corrected chi connectivity index (χ0v) is 37.3. The van der Waals surface area contributed by atoms with E-state index in [-0.39, 0.29) is 19.8 Å². The van der Waals surface area contributed by atoms with Crippen molar-refractivity contribution in [3.8, 4) is 0 Å². The van der Waals surface area contributed by atoms with Gasteiger partial charge >= 0.3 is 19.8 Å². The van der Waals surface area contributed by atoms with Crippen molar-refractivity contribution in [2.24, 2.45) is 0 Å². The van der Waals surface area contributed by atoms with E-state index in [1.54, 1.807) is 0 Å². The molecule has 8 aromatic carbocycles. The maximum Gasteiger partial charge on any atom is 6.00 e. The molecule has 0 amide bonds. The van der Waals surface area contributed by atoms with Crippen LogP contribution in [-0.4, -0.2) is 14.1 Å². The van der Waals surface area contributed by atoms with Gasteiger partial charge in [-0.15, -0.1) is 72.5 Å². The number of rotatable bonds is 6. The molecular weight excluding hydrogens is 951 g/mol. The first-order chi connectivity index (χ1) is 30.6. The summed E-state index contributed by atoms with van der Waals surface area (Å²) in [6, 6.07) is 74.6. The van der Waals surface area contributed by atoms with E-state index >= 15 is 0 Å². The Morgan fingerprint density at radius 3 is 0.857 bits per heavy atom. The predicted octanol–water partition coefficient (Wildman–Crippen LogP) is 13.2. The SMILES string of the molecule is CN1[CH-]N(c2[c-]c(N3[CH-]N(C)c4ccccc43)ccc2)c2ccccc21.[Os+6].[c-]1c(N2[CH-]N(c3ccccc3)c3ccccc32)cccc1N1[CH-]N(c2ccccc2)c2ccccc21. The molecule has 0 saturated heterocycles. The van der Waals surface area contributed by atoms with Gasteiger partial charge in [0.05, 0.1) is 0 Å². The number of fused-ring (bicyclic) bond motifs is 4. The van der Waals surface area contributed by atoms with E-state index in [0.717, 1.165) is 56.9 Å². The topological polar surface area (TPSA) is 25.9 Å². The van der Waals surface area contributed by atoms with Gasteiger partial charge in [-0.05, 0) is 86.9 Å². The summed E-state index contributed by atoms with van der Waals surface area (Å²) in [5, 5.41) is 0. The zero-order chi connectivity index (χ0) is 41.6. The van der Waals surface area contributed by atoms with Crippen LogP contribution in [0.4, 0.5) is 79.6 Å². The van der Waals surface area contributed by atoms with Crippen LogP contribution in [0.15, 0.2) is 194 Å².